The molecule has 4 nitrogen and oxygen atoms in total. The summed E-state index contributed by atoms with van der Waals surface area (Å²) >= 11 is 0. The Morgan fingerprint density at radius 2 is 2.00 bits per heavy atom. The van der Waals surface area contributed by atoms with E-state index in [4.69, 9.17) is 4.74 Å². The Morgan fingerprint density at radius 3 is 2.67 bits per heavy atom. The maximum Gasteiger partial charge on any atom is 0.225 e. The molecule has 21 heavy (non-hydrogen) atoms. The summed E-state index contributed by atoms with van der Waals surface area (Å²) in [6, 6.07) is 8.15. The van der Waals surface area contributed by atoms with Gasteiger partial charge in [-0.3, -0.25) is 9.69 Å². The van der Waals surface area contributed by atoms with Crippen LogP contribution in [0.1, 0.15) is 18.4 Å². The standard InChI is InChI=1S/C17H24N2O2/c1-14-3-2-4-16(13-14)21-12-11-18-7-9-19(10-8-18)17(20)15-5-6-15/h2-4,13,15H,5-12H2,1H3. The van der Waals surface area contributed by atoms with E-state index in [0.717, 1.165) is 51.3 Å². The van der Waals surface area contributed by atoms with E-state index >= 15 is 0 Å². The van der Waals surface area contributed by atoms with Crippen LogP contribution in [0.25, 0.3) is 0 Å². The number of aryl methyl sites for hydroxylation is 1. The van der Waals surface area contributed by atoms with Crippen molar-refractivity contribution in [3.8, 4) is 5.75 Å². The maximum atomic E-state index is 12.0. The van der Waals surface area contributed by atoms with Crippen LogP contribution < -0.4 is 4.74 Å². The predicted molar refractivity (Wildman–Crippen MR) is 82.4 cm³/mol. The molecule has 3 rings (SSSR count). The zero-order valence-corrected chi connectivity index (χ0v) is 12.8. The van der Waals surface area contributed by atoms with Crippen molar-refractivity contribution in [2.24, 2.45) is 5.92 Å². The number of ether oxygens (including phenoxy) is 1. The summed E-state index contributed by atoms with van der Waals surface area (Å²) in [4.78, 5) is 16.4. The van der Waals surface area contributed by atoms with Crippen molar-refractivity contribution in [2.75, 3.05) is 39.3 Å². The monoisotopic (exact) mass is 288 g/mol. The molecule has 1 saturated carbocycles. The molecule has 4 heteroatoms. The molecule has 0 unspecified atom stereocenters. The van der Waals surface area contributed by atoms with Gasteiger partial charge >= 0.3 is 0 Å². The van der Waals surface area contributed by atoms with E-state index in [-0.39, 0.29) is 0 Å². The molecule has 2 aliphatic rings. The van der Waals surface area contributed by atoms with Gasteiger partial charge in [0, 0.05) is 38.6 Å². The molecule has 0 radical (unpaired) electrons. The van der Waals surface area contributed by atoms with Gasteiger partial charge in [0.25, 0.3) is 0 Å². The minimum Gasteiger partial charge on any atom is -0.492 e. The summed E-state index contributed by atoms with van der Waals surface area (Å²) in [5.74, 6) is 1.67. The summed E-state index contributed by atoms with van der Waals surface area (Å²) in [5, 5.41) is 0. The van der Waals surface area contributed by atoms with E-state index in [9.17, 15) is 4.79 Å². The van der Waals surface area contributed by atoms with Crippen LogP contribution in [-0.4, -0.2) is 55.0 Å². The van der Waals surface area contributed by atoms with E-state index in [1.165, 1.54) is 5.56 Å². The molecule has 0 atom stereocenters. The first-order valence-corrected chi connectivity index (χ1v) is 7.93. The zero-order valence-electron chi connectivity index (χ0n) is 12.8. The van der Waals surface area contributed by atoms with Crippen LogP contribution in [-0.2, 0) is 4.79 Å². The van der Waals surface area contributed by atoms with Gasteiger partial charge in [-0.25, -0.2) is 0 Å². The minimum absolute atomic E-state index is 0.348. The minimum atomic E-state index is 0.348. The Kier molecular flexibility index (Phi) is 4.44. The van der Waals surface area contributed by atoms with Crippen LogP contribution >= 0.6 is 0 Å². The Labute approximate surface area is 126 Å². The van der Waals surface area contributed by atoms with Crippen molar-refractivity contribution in [3.63, 3.8) is 0 Å². The molecule has 114 valence electrons. The third-order valence-electron chi connectivity index (χ3n) is 4.28. The second kappa shape index (κ2) is 6.48. The summed E-state index contributed by atoms with van der Waals surface area (Å²) in [6.07, 6.45) is 2.20. The molecule has 2 fully saturated rings. The topological polar surface area (TPSA) is 32.8 Å². The van der Waals surface area contributed by atoms with Gasteiger partial charge in [-0.15, -0.1) is 0 Å². The zero-order chi connectivity index (χ0) is 14.7. The molecule has 1 aromatic carbocycles. The normalized spacial score (nSPS) is 19.6. The van der Waals surface area contributed by atoms with Crippen LogP contribution in [0.2, 0.25) is 0 Å². The SMILES string of the molecule is Cc1cccc(OCCN2CCN(C(=O)C3CC3)CC2)c1. The van der Waals surface area contributed by atoms with E-state index < -0.39 is 0 Å². The lowest BCUT2D eigenvalue weighted by Crippen LogP contribution is -2.50. The molecule has 0 spiro atoms. The molecule has 1 saturated heterocycles. The van der Waals surface area contributed by atoms with Crippen molar-refractivity contribution in [3.05, 3.63) is 29.8 Å². The summed E-state index contributed by atoms with van der Waals surface area (Å²) in [7, 11) is 0. The molecule has 0 bridgehead atoms. The Morgan fingerprint density at radius 1 is 1.24 bits per heavy atom. The highest BCUT2D eigenvalue weighted by atomic mass is 16.5. The lowest BCUT2D eigenvalue weighted by Gasteiger charge is -2.34. The predicted octanol–water partition coefficient (Wildman–Crippen LogP) is 1.93. The first kappa shape index (κ1) is 14.4. The first-order chi connectivity index (χ1) is 10.2. The van der Waals surface area contributed by atoms with Crippen molar-refractivity contribution in [1.29, 1.82) is 0 Å². The lowest BCUT2D eigenvalue weighted by atomic mass is 10.2. The molecule has 1 heterocycles. The number of hydrogen-bond acceptors (Lipinski definition) is 3. The summed E-state index contributed by atoms with van der Waals surface area (Å²) in [6.45, 7) is 7.40. The lowest BCUT2D eigenvalue weighted by molar-refractivity contribution is -0.134. The number of amides is 1. The van der Waals surface area contributed by atoms with Crippen LogP contribution in [0, 0.1) is 12.8 Å². The van der Waals surface area contributed by atoms with E-state index in [2.05, 4.69) is 24.0 Å². The van der Waals surface area contributed by atoms with Gasteiger partial charge in [0.15, 0.2) is 0 Å². The summed E-state index contributed by atoms with van der Waals surface area (Å²) in [5.41, 5.74) is 1.22. The number of carbonyl (C=O) groups is 1. The second-order valence-electron chi connectivity index (χ2n) is 6.11. The maximum absolute atomic E-state index is 12.0. The number of rotatable bonds is 5. The van der Waals surface area contributed by atoms with E-state index in [1.807, 2.05) is 17.0 Å². The average Bonchev–Trinajstić information content (AvgIpc) is 3.32. The van der Waals surface area contributed by atoms with Crippen molar-refractivity contribution < 1.29 is 9.53 Å². The molecule has 1 aliphatic carbocycles. The highest BCUT2D eigenvalue weighted by molar-refractivity contribution is 5.81. The van der Waals surface area contributed by atoms with Gasteiger partial charge in [0.2, 0.25) is 5.91 Å². The average molecular weight is 288 g/mol. The largest absolute Gasteiger partial charge is 0.492 e. The van der Waals surface area contributed by atoms with Gasteiger partial charge in [-0.1, -0.05) is 12.1 Å². The number of nitrogens with zero attached hydrogens (tertiary/aromatic N) is 2. The van der Waals surface area contributed by atoms with Crippen LogP contribution in [0.15, 0.2) is 24.3 Å². The van der Waals surface area contributed by atoms with Crippen LogP contribution in [0.3, 0.4) is 0 Å². The Balaban J connectivity index is 1.36. The van der Waals surface area contributed by atoms with Crippen molar-refractivity contribution in [2.45, 2.75) is 19.8 Å². The highest BCUT2D eigenvalue weighted by Crippen LogP contribution is 2.31. The first-order valence-electron chi connectivity index (χ1n) is 7.93. The van der Waals surface area contributed by atoms with Gasteiger partial charge < -0.3 is 9.64 Å². The quantitative estimate of drug-likeness (QED) is 0.830. The fraction of sp³-hybridized carbons (Fsp3) is 0.588. The van der Waals surface area contributed by atoms with Gasteiger partial charge in [0.1, 0.15) is 12.4 Å². The highest BCUT2D eigenvalue weighted by Gasteiger charge is 2.34. The van der Waals surface area contributed by atoms with Crippen LogP contribution in [0.5, 0.6) is 5.75 Å². The van der Waals surface area contributed by atoms with Crippen molar-refractivity contribution in [1.82, 2.24) is 9.80 Å². The molecule has 1 amide bonds. The second-order valence-corrected chi connectivity index (χ2v) is 6.11. The fourth-order valence-electron chi connectivity index (χ4n) is 2.78. The molecule has 0 N–H and O–H groups in total. The summed E-state index contributed by atoms with van der Waals surface area (Å²) < 4.78 is 5.79. The number of piperazine rings is 1. The fourth-order valence-corrected chi connectivity index (χ4v) is 2.78. The van der Waals surface area contributed by atoms with Gasteiger partial charge in [-0.2, -0.15) is 0 Å². The molecular formula is C17H24N2O2. The van der Waals surface area contributed by atoms with E-state index in [1.54, 1.807) is 0 Å². The smallest absolute Gasteiger partial charge is 0.225 e. The van der Waals surface area contributed by atoms with Gasteiger partial charge in [0.05, 0.1) is 0 Å². The molecular weight excluding hydrogens is 264 g/mol. The molecule has 1 aliphatic heterocycles. The van der Waals surface area contributed by atoms with Gasteiger partial charge in [-0.05, 0) is 37.5 Å². The number of benzene rings is 1. The Hall–Kier alpha value is -1.55. The third-order valence-corrected chi connectivity index (χ3v) is 4.28. The van der Waals surface area contributed by atoms with Crippen LogP contribution in [0.4, 0.5) is 0 Å². The molecule has 1 aromatic rings. The Bertz CT molecular complexity index is 491. The third kappa shape index (κ3) is 3.97. The number of carbonyl (C=O) groups excluding carboxylic acids is 1. The van der Waals surface area contributed by atoms with Crippen molar-refractivity contribution >= 4 is 5.91 Å². The van der Waals surface area contributed by atoms with E-state index in [0.29, 0.717) is 18.4 Å². The number of hydrogen-bond donors (Lipinski definition) is 0. The molecule has 0 aromatic heterocycles.